The van der Waals surface area contributed by atoms with Gasteiger partial charge in [-0.05, 0) is 31.9 Å². The average Bonchev–Trinajstić information content (AvgIpc) is 2.82. The minimum absolute atomic E-state index is 0.555. The zero-order chi connectivity index (χ0) is 13.4. The van der Waals surface area contributed by atoms with Crippen molar-refractivity contribution in [2.75, 3.05) is 5.32 Å². The number of anilines is 2. The Labute approximate surface area is 110 Å². The first-order valence-electron chi connectivity index (χ1n) is 6.01. The van der Waals surface area contributed by atoms with Gasteiger partial charge in [-0.3, -0.25) is 0 Å². The average molecular weight is 254 g/mol. The third kappa shape index (κ3) is 2.01. The van der Waals surface area contributed by atoms with Crippen LogP contribution in [0.25, 0.3) is 11.2 Å². The van der Waals surface area contributed by atoms with Crippen LogP contribution in [0.2, 0.25) is 0 Å². The molecule has 0 spiro atoms. The summed E-state index contributed by atoms with van der Waals surface area (Å²) >= 11 is 0. The van der Waals surface area contributed by atoms with E-state index in [0.29, 0.717) is 17.0 Å². The molecule has 0 amide bonds. The summed E-state index contributed by atoms with van der Waals surface area (Å²) in [6, 6.07) is 4.27. The maximum absolute atomic E-state index is 4.23. The fraction of sp³-hybridized carbons (Fsp3) is 0.231. The standard InChI is InChI=1S/C13H14N6/c1-7-4-8(2)10(9(3)5-7)16-12-11-13(15-6-14-12)18-19-17-11/h4-6H,1-3H3,(H2,14,15,16,17,18,19). The van der Waals surface area contributed by atoms with Crippen molar-refractivity contribution in [3.8, 4) is 0 Å². The molecular weight excluding hydrogens is 240 g/mol. The van der Waals surface area contributed by atoms with E-state index < -0.39 is 0 Å². The van der Waals surface area contributed by atoms with Gasteiger partial charge >= 0.3 is 0 Å². The van der Waals surface area contributed by atoms with Crippen molar-refractivity contribution in [3.63, 3.8) is 0 Å². The molecule has 0 atom stereocenters. The number of aromatic amines is 1. The van der Waals surface area contributed by atoms with Crippen molar-refractivity contribution < 1.29 is 0 Å². The largest absolute Gasteiger partial charge is 0.338 e. The molecule has 3 aromatic rings. The van der Waals surface area contributed by atoms with Gasteiger partial charge in [-0.25, -0.2) is 9.97 Å². The van der Waals surface area contributed by atoms with E-state index in [4.69, 9.17) is 0 Å². The summed E-state index contributed by atoms with van der Waals surface area (Å²) in [7, 11) is 0. The zero-order valence-corrected chi connectivity index (χ0v) is 11.0. The number of nitrogens with one attached hydrogen (secondary N) is 2. The summed E-state index contributed by atoms with van der Waals surface area (Å²) in [4.78, 5) is 8.28. The molecule has 0 bridgehead atoms. The first-order valence-corrected chi connectivity index (χ1v) is 6.01. The third-order valence-corrected chi connectivity index (χ3v) is 3.04. The predicted octanol–water partition coefficient (Wildman–Crippen LogP) is 2.42. The topological polar surface area (TPSA) is 79.4 Å². The predicted molar refractivity (Wildman–Crippen MR) is 73.4 cm³/mol. The van der Waals surface area contributed by atoms with Gasteiger partial charge in [0.15, 0.2) is 11.3 Å². The van der Waals surface area contributed by atoms with Gasteiger partial charge in [-0.1, -0.05) is 17.7 Å². The Bertz CT molecular complexity index is 723. The van der Waals surface area contributed by atoms with Crippen LogP contribution in [-0.2, 0) is 0 Å². The molecule has 0 aliphatic heterocycles. The normalized spacial score (nSPS) is 10.9. The molecule has 2 heterocycles. The van der Waals surface area contributed by atoms with Crippen molar-refractivity contribution >= 4 is 22.7 Å². The maximum Gasteiger partial charge on any atom is 0.206 e. The third-order valence-electron chi connectivity index (χ3n) is 3.04. The lowest BCUT2D eigenvalue weighted by Crippen LogP contribution is -2.00. The minimum Gasteiger partial charge on any atom is -0.338 e. The molecule has 19 heavy (non-hydrogen) atoms. The van der Waals surface area contributed by atoms with Gasteiger partial charge in [-0.2, -0.15) is 10.3 Å². The number of aromatic nitrogens is 5. The van der Waals surface area contributed by atoms with Crippen LogP contribution in [-0.4, -0.2) is 25.4 Å². The van der Waals surface area contributed by atoms with Crippen LogP contribution in [0, 0.1) is 20.8 Å². The van der Waals surface area contributed by atoms with Gasteiger partial charge in [0.2, 0.25) is 5.65 Å². The van der Waals surface area contributed by atoms with Crippen LogP contribution in [0.5, 0.6) is 0 Å². The molecule has 0 unspecified atom stereocenters. The van der Waals surface area contributed by atoms with Crippen LogP contribution >= 0.6 is 0 Å². The van der Waals surface area contributed by atoms with Gasteiger partial charge in [0.1, 0.15) is 6.33 Å². The van der Waals surface area contributed by atoms with E-state index in [2.05, 4.69) is 63.6 Å². The van der Waals surface area contributed by atoms with E-state index >= 15 is 0 Å². The lowest BCUT2D eigenvalue weighted by atomic mass is 10.1. The zero-order valence-electron chi connectivity index (χ0n) is 11.0. The molecule has 0 radical (unpaired) electrons. The van der Waals surface area contributed by atoms with Crippen molar-refractivity contribution in [3.05, 3.63) is 35.2 Å². The van der Waals surface area contributed by atoms with E-state index in [1.54, 1.807) is 0 Å². The second-order valence-electron chi connectivity index (χ2n) is 4.62. The molecule has 3 rings (SSSR count). The van der Waals surface area contributed by atoms with E-state index in [1.165, 1.54) is 23.0 Å². The molecule has 0 aliphatic rings. The van der Waals surface area contributed by atoms with Gasteiger partial charge in [0.25, 0.3) is 0 Å². The van der Waals surface area contributed by atoms with Crippen molar-refractivity contribution in [2.24, 2.45) is 0 Å². The first-order chi connectivity index (χ1) is 9.15. The lowest BCUT2D eigenvalue weighted by molar-refractivity contribution is 0.954. The Hall–Kier alpha value is -2.50. The number of rotatable bonds is 2. The summed E-state index contributed by atoms with van der Waals surface area (Å²) in [5.74, 6) is 0.661. The second kappa shape index (κ2) is 4.31. The fourth-order valence-corrected chi connectivity index (χ4v) is 2.26. The monoisotopic (exact) mass is 254 g/mol. The number of nitrogens with zero attached hydrogens (tertiary/aromatic N) is 4. The molecule has 2 N–H and O–H groups in total. The van der Waals surface area contributed by atoms with Crippen molar-refractivity contribution in [1.29, 1.82) is 0 Å². The molecule has 6 nitrogen and oxygen atoms in total. The van der Waals surface area contributed by atoms with Crippen molar-refractivity contribution in [1.82, 2.24) is 25.4 Å². The summed E-state index contributed by atoms with van der Waals surface area (Å²) < 4.78 is 0. The van der Waals surface area contributed by atoms with Crippen LogP contribution in [0.1, 0.15) is 16.7 Å². The van der Waals surface area contributed by atoms with Crippen LogP contribution in [0.3, 0.4) is 0 Å². The van der Waals surface area contributed by atoms with Crippen LogP contribution < -0.4 is 5.32 Å². The lowest BCUT2D eigenvalue weighted by Gasteiger charge is -2.13. The Kier molecular flexibility index (Phi) is 2.63. The summed E-state index contributed by atoms with van der Waals surface area (Å²) in [5.41, 5.74) is 5.84. The molecule has 96 valence electrons. The smallest absolute Gasteiger partial charge is 0.206 e. The number of hydrogen-bond donors (Lipinski definition) is 2. The van der Waals surface area contributed by atoms with E-state index in [-0.39, 0.29) is 0 Å². The Balaban J connectivity index is 2.09. The summed E-state index contributed by atoms with van der Waals surface area (Å²) in [6.45, 7) is 6.23. The molecule has 6 heteroatoms. The minimum atomic E-state index is 0.555. The molecule has 0 saturated carbocycles. The van der Waals surface area contributed by atoms with Crippen LogP contribution in [0.15, 0.2) is 18.5 Å². The van der Waals surface area contributed by atoms with E-state index in [9.17, 15) is 0 Å². The second-order valence-corrected chi connectivity index (χ2v) is 4.62. The Morgan fingerprint density at radius 3 is 2.47 bits per heavy atom. The van der Waals surface area contributed by atoms with Crippen LogP contribution in [0.4, 0.5) is 11.5 Å². The van der Waals surface area contributed by atoms with E-state index in [1.807, 2.05) is 0 Å². The SMILES string of the molecule is Cc1cc(C)c(Nc2ncnc3n[nH]nc23)c(C)c1. The highest BCUT2D eigenvalue weighted by Crippen LogP contribution is 2.26. The molecule has 0 saturated heterocycles. The van der Waals surface area contributed by atoms with Gasteiger partial charge in [0, 0.05) is 5.69 Å². The number of aryl methyl sites for hydroxylation is 3. The Morgan fingerprint density at radius 1 is 1.00 bits per heavy atom. The summed E-state index contributed by atoms with van der Waals surface area (Å²) in [5, 5.41) is 13.9. The molecule has 2 aromatic heterocycles. The molecule has 1 aromatic carbocycles. The molecular formula is C13H14N6. The Morgan fingerprint density at radius 2 is 1.74 bits per heavy atom. The first kappa shape index (κ1) is 11.6. The highest BCUT2D eigenvalue weighted by molar-refractivity contribution is 5.84. The number of benzene rings is 1. The number of hydrogen-bond acceptors (Lipinski definition) is 5. The maximum atomic E-state index is 4.23. The highest BCUT2D eigenvalue weighted by atomic mass is 15.3. The van der Waals surface area contributed by atoms with Gasteiger partial charge in [0.05, 0.1) is 0 Å². The number of fused-ring (bicyclic) bond motifs is 1. The molecule has 0 fully saturated rings. The summed E-state index contributed by atoms with van der Waals surface area (Å²) in [6.07, 6.45) is 1.48. The van der Waals surface area contributed by atoms with Gasteiger partial charge in [-0.15, -0.1) is 5.10 Å². The quantitative estimate of drug-likeness (QED) is 0.734. The highest BCUT2D eigenvalue weighted by Gasteiger charge is 2.10. The van der Waals surface area contributed by atoms with Crippen molar-refractivity contribution in [2.45, 2.75) is 20.8 Å². The molecule has 0 aliphatic carbocycles. The fourth-order valence-electron chi connectivity index (χ4n) is 2.26. The van der Waals surface area contributed by atoms with E-state index in [0.717, 1.165) is 5.69 Å². The van der Waals surface area contributed by atoms with Gasteiger partial charge < -0.3 is 5.32 Å². The number of H-pyrrole nitrogens is 1.